The molecule has 2 aliphatic rings. The maximum Gasteiger partial charge on any atom is 0.319 e. The number of nitrogens with one attached hydrogen (secondary N) is 3. The smallest absolute Gasteiger partial charge is 0.319 e. The molecule has 1 saturated heterocycles. The average molecular weight is 532 g/mol. The van der Waals surface area contributed by atoms with E-state index < -0.39 is 0 Å². The van der Waals surface area contributed by atoms with Crippen molar-refractivity contribution in [3.8, 4) is 0 Å². The van der Waals surface area contributed by atoms with E-state index in [1.807, 2.05) is 43.3 Å². The van der Waals surface area contributed by atoms with Crippen molar-refractivity contribution in [2.45, 2.75) is 57.4 Å². The number of rotatable bonds is 10. The zero-order chi connectivity index (χ0) is 25.5. The van der Waals surface area contributed by atoms with Crippen LogP contribution in [0.25, 0.3) is 0 Å². The topological polar surface area (TPSA) is 73.5 Å². The lowest BCUT2D eigenvalue weighted by Gasteiger charge is -2.32. The molecule has 1 aliphatic heterocycles. The van der Waals surface area contributed by atoms with E-state index in [-0.39, 0.29) is 29.8 Å². The number of piperidine rings is 1. The van der Waals surface area contributed by atoms with Gasteiger partial charge in [0.15, 0.2) is 0 Å². The first-order chi connectivity index (χ1) is 17.4. The monoisotopic (exact) mass is 530 g/mol. The summed E-state index contributed by atoms with van der Waals surface area (Å²) in [6.45, 7) is 5.83. The highest BCUT2D eigenvalue weighted by atomic mass is 35.5. The van der Waals surface area contributed by atoms with Crippen LogP contribution in [0, 0.1) is 12.8 Å². The van der Waals surface area contributed by atoms with Crippen LogP contribution in [0.1, 0.15) is 55.6 Å². The Morgan fingerprint density at radius 1 is 0.972 bits per heavy atom. The molecule has 0 unspecified atom stereocenters. The van der Waals surface area contributed by atoms with Crippen molar-refractivity contribution in [1.82, 2.24) is 15.5 Å². The van der Waals surface area contributed by atoms with Crippen molar-refractivity contribution in [2.24, 2.45) is 5.92 Å². The molecule has 1 saturated carbocycles. The van der Waals surface area contributed by atoms with E-state index in [9.17, 15) is 9.59 Å². The normalized spacial score (nSPS) is 20.1. The Hall–Kier alpha value is -2.28. The molecular weight excluding hydrogens is 495 g/mol. The summed E-state index contributed by atoms with van der Waals surface area (Å²) in [4.78, 5) is 27.2. The first kappa shape index (κ1) is 26.8. The van der Waals surface area contributed by atoms with E-state index in [0.717, 1.165) is 76.0 Å². The first-order valence-corrected chi connectivity index (χ1v) is 13.7. The van der Waals surface area contributed by atoms with Gasteiger partial charge in [0.1, 0.15) is 0 Å². The quantitative estimate of drug-likeness (QED) is 0.331. The van der Waals surface area contributed by atoms with Gasteiger partial charge in [-0.1, -0.05) is 53.4 Å². The molecule has 0 aromatic heterocycles. The average Bonchev–Trinajstić information content (AvgIpc) is 3.66. The zero-order valence-electron chi connectivity index (χ0n) is 20.9. The van der Waals surface area contributed by atoms with E-state index in [1.54, 1.807) is 6.07 Å². The van der Waals surface area contributed by atoms with Crippen molar-refractivity contribution < 1.29 is 9.59 Å². The van der Waals surface area contributed by atoms with Gasteiger partial charge in [0.2, 0.25) is 5.91 Å². The van der Waals surface area contributed by atoms with E-state index in [4.69, 9.17) is 23.2 Å². The van der Waals surface area contributed by atoms with Crippen LogP contribution in [0.4, 0.5) is 10.5 Å². The van der Waals surface area contributed by atoms with E-state index >= 15 is 0 Å². The van der Waals surface area contributed by atoms with Crippen LogP contribution in [0.15, 0.2) is 42.5 Å². The third kappa shape index (κ3) is 7.86. The molecule has 2 fully saturated rings. The minimum Gasteiger partial charge on any atom is -0.356 e. The van der Waals surface area contributed by atoms with Gasteiger partial charge < -0.3 is 20.9 Å². The number of hydrogen-bond donors (Lipinski definition) is 3. The van der Waals surface area contributed by atoms with Gasteiger partial charge in [-0.2, -0.15) is 0 Å². The molecule has 3 amide bonds. The zero-order valence-corrected chi connectivity index (χ0v) is 22.4. The maximum atomic E-state index is 12.4. The molecule has 1 heterocycles. The predicted molar refractivity (Wildman–Crippen MR) is 147 cm³/mol. The Morgan fingerprint density at radius 3 is 2.44 bits per heavy atom. The molecule has 2 aromatic rings. The Kier molecular flexibility index (Phi) is 9.52. The van der Waals surface area contributed by atoms with Crippen molar-refractivity contribution in [2.75, 3.05) is 31.5 Å². The number of amides is 3. The third-order valence-electron chi connectivity index (χ3n) is 7.18. The number of carbonyl (C=O) groups is 2. The number of likely N-dealkylation sites (tertiary alicyclic amines) is 1. The molecule has 2 atom stereocenters. The van der Waals surface area contributed by atoms with Gasteiger partial charge in [-0.3, -0.25) is 4.79 Å². The molecule has 194 valence electrons. The number of urea groups is 1. The van der Waals surface area contributed by atoms with Crippen LogP contribution in [0.2, 0.25) is 10.0 Å². The maximum absolute atomic E-state index is 12.4. The lowest BCUT2D eigenvalue weighted by molar-refractivity contribution is -0.122. The van der Waals surface area contributed by atoms with Gasteiger partial charge in [0.05, 0.1) is 10.0 Å². The van der Waals surface area contributed by atoms with Gasteiger partial charge in [-0.25, -0.2) is 4.79 Å². The fourth-order valence-corrected chi connectivity index (χ4v) is 5.17. The minimum absolute atomic E-state index is 0.0520. The summed E-state index contributed by atoms with van der Waals surface area (Å²) < 4.78 is 0. The molecule has 0 bridgehead atoms. The number of halogens is 2. The number of nitrogens with zero attached hydrogens (tertiary/aromatic N) is 1. The highest BCUT2D eigenvalue weighted by Crippen LogP contribution is 2.48. The molecule has 3 N–H and O–H groups in total. The van der Waals surface area contributed by atoms with Crippen LogP contribution in [-0.4, -0.2) is 49.1 Å². The van der Waals surface area contributed by atoms with Gasteiger partial charge >= 0.3 is 6.03 Å². The van der Waals surface area contributed by atoms with Gasteiger partial charge in [0, 0.05) is 37.3 Å². The number of carbonyl (C=O) groups excluding carboxylic acids is 2. The lowest BCUT2D eigenvalue weighted by Crippen LogP contribution is -2.46. The van der Waals surface area contributed by atoms with Crippen molar-refractivity contribution in [1.29, 1.82) is 0 Å². The van der Waals surface area contributed by atoms with Gasteiger partial charge in [0.25, 0.3) is 0 Å². The molecule has 2 aromatic carbocycles. The highest BCUT2D eigenvalue weighted by molar-refractivity contribution is 6.42. The number of unbranched alkanes of at least 4 members (excludes halogenated alkanes) is 2. The van der Waals surface area contributed by atoms with Crippen LogP contribution in [0.5, 0.6) is 0 Å². The Bertz CT molecular complexity index is 1040. The second kappa shape index (κ2) is 12.8. The fourth-order valence-electron chi connectivity index (χ4n) is 4.87. The third-order valence-corrected chi connectivity index (χ3v) is 7.92. The number of benzene rings is 2. The van der Waals surface area contributed by atoms with Crippen LogP contribution >= 0.6 is 23.2 Å². The molecule has 1 aliphatic carbocycles. The minimum atomic E-state index is -0.131. The van der Waals surface area contributed by atoms with E-state index in [2.05, 4.69) is 20.9 Å². The summed E-state index contributed by atoms with van der Waals surface area (Å²) in [6.07, 6.45) is 6.03. The Balaban J connectivity index is 1.02. The second-order valence-corrected chi connectivity index (χ2v) is 10.9. The van der Waals surface area contributed by atoms with Crippen LogP contribution < -0.4 is 16.0 Å². The van der Waals surface area contributed by atoms with E-state index in [0.29, 0.717) is 10.0 Å². The summed E-state index contributed by atoms with van der Waals surface area (Å²) in [5, 5.41) is 10.2. The number of anilines is 1. The lowest BCUT2D eigenvalue weighted by atomic mass is 10.0. The first-order valence-electron chi connectivity index (χ1n) is 13.0. The van der Waals surface area contributed by atoms with E-state index in [1.165, 1.54) is 5.56 Å². The fraction of sp³-hybridized carbons (Fsp3) is 0.500. The summed E-state index contributed by atoms with van der Waals surface area (Å²) >= 11 is 12.1. The van der Waals surface area contributed by atoms with Gasteiger partial charge in [-0.05, 0) is 81.3 Å². The summed E-state index contributed by atoms with van der Waals surface area (Å²) in [6, 6.07) is 13.5. The standard InChI is InChI=1S/C28H36Cl2N4O2/c1-19-5-8-21(9-6-19)32-28(36)33-22-11-15-34(16-12-22)14-4-2-3-13-31-27(35)24-18-23(24)20-7-10-25(29)26(30)17-20/h5-10,17,22-24H,2-4,11-16,18H2,1H3,(H,31,35)(H2,32,33,36)/t23-,24+/m0/s1. The Labute approximate surface area is 224 Å². The molecule has 36 heavy (non-hydrogen) atoms. The van der Waals surface area contributed by atoms with Crippen molar-refractivity contribution >= 4 is 40.8 Å². The second-order valence-electron chi connectivity index (χ2n) is 10.1. The number of hydrogen-bond acceptors (Lipinski definition) is 3. The summed E-state index contributed by atoms with van der Waals surface area (Å²) in [5.74, 6) is 0.453. The van der Waals surface area contributed by atoms with Gasteiger partial charge in [-0.15, -0.1) is 0 Å². The molecule has 4 rings (SSSR count). The molecule has 0 radical (unpaired) electrons. The SMILES string of the molecule is Cc1ccc(NC(=O)NC2CCN(CCCCCNC(=O)[C@@H]3C[C@H]3c3ccc(Cl)c(Cl)c3)CC2)cc1. The highest BCUT2D eigenvalue weighted by Gasteiger charge is 2.43. The molecule has 0 spiro atoms. The molecular formula is C28H36Cl2N4O2. The van der Waals surface area contributed by atoms with Crippen molar-refractivity contribution in [3.05, 3.63) is 63.6 Å². The van der Waals surface area contributed by atoms with Crippen LogP contribution in [-0.2, 0) is 4.79 Å². The summed E-state index contributed by atoms with van der Waals surface area (Å²) in [5.41, 5.74) is 3.08. The molecule has 6 nitrogen and oxygen atoms in total. The largest absolute Gasteiger partial charge is 0.356 e. The van der Waals surface area contributed by atoms with Crippen molar-refractivity contribution in [3.63, 3.8) is 0 Å². The van der Waals surface area contributed by atoms with Crippen LogP contribution in [0.3, 0.4) is 0 Å². The Morgan fingerprint density at radius 2 is 1.72 bits per heavy atom. The molecule has 8 heteroatoms. The summed E-state index contributed by atoms with van der Waals surface area (Å²) in [7, 11) is 0. The predicted octanol–water partition coefficient (Wildman–Crippen LogP) is 5.98. The number of aryl methyl sites for hydroxylation is 1.